The molecule has 144 valence electrons. The van der Waals surface area contributed by atoms with Gasteiger partial charge >= 0.3 is 0 Å². The first-order valence-corrected chi connectivity index (χ1v) is 9.71. The van der Waals surface area contributed by atoms with Gasteiger partial charge in [0.2, 0.25) is 0 Å². The van der Waals surface area contributed by atoms with Crippen LogP contribution in [0.15, 0.2) is 79.0 Å². The number of Topliss-reactive ketones (excluding diaryl/α,β-unsaturated/α-hetero) is 1. The summed E-state index contributed by atoms with van der Waals surface area (Å²) in [4.78, 5) is 25.5. The van der Waals surface area contributed by atoms with Gasteiger partial charge in [0.25, 0.3) is 11.7 Å². The summed E-state index contributed by atoms with van der Waals surface area (Å²) >= 11 is 12.0. The number of hydrogen-bond donors (Lipinski definition) is 1. The highest BCUT2D eigenvalue weighted by Gasteiger charge is 2.22. The highest BCUT2D eigenvalue weighted by atomic mass is 35.5. The van der Waals surface area contributed by atoms with Crippen molar-refractivity contribution in [2.45, 2.75) is 6.54 Å². The van der Waals surface area contributed by atoms with Crippen LogP contribution in [0.1, 0.15) is 15.9 Å². The second-order valence-electron chi connectivity index (χ2n) is 6.58. The topological polar surface area (TPSA) is 51.1 Å². The Morgan fingerprint density at radius 2 is 1.55 bits per heavy atom. The summed E-state index contributed by atoms with van der Waals surface area (Å²) in [6.07, 6.45) is 1.72. The van der Waals surface area contributed by atoms with Crippen molar-refractivity contribution in [2.75, 3.05) is 5.32 Å². The standard InChI is InChI=1S/C23H16Cl2N2O2/c24-16-11-9-15(10-12-16)13-27-14-18(17-5-1-4-8-21(17)27)22(28)23(29)26-20-7-3-2-6-19(20)25/h1-12,14H,13H2,(H,26,29). The lowest BCUT2D eigenvalue weighted by atomic mass is 10.1. The number of halogens is 2. The number of nitrogens with zero attached hydrogens (tertiary/aromatic N) is 1. The Bertz CT molecular complexity index is 1210. The van der Waals surface area contributed by atoms with Gasteiger partial charge < -0.3 is 9.88 Å². The van der Waals surface area contributed by atoms with Gasteiger partial charge in [-0.25, -0.2) is 0 Å². The molecule has 1 heterocycles. The second-order valence-corrected chi connectivity index (χ2v) is 7.42. The fourth-order valence-corrected chi connectivity index (χ4v) is 3.52. The smallest absolute Gasteiger partial charge is 0.296 e. The molecule has 0 aliphatic heterocycles. The number of ketones is 1. The van der Waals surface area contributed by atoms with Crippen LogP contribution in [0.2, 0.25) is 10.0 Å². The molecular formula is C23H16Cl2N2O2. The van der Waals surface area contributed by atoms with Gasteiger partial charge in [0.1, 0.15) is 0 Å². The predicted molar refractivity (Wildman–Crippen MR) is 117 cm³/mol. The van der Waals surface area contributed by atoms with Crippen LogP contribution in [0.3, 0.4) is 0 Å². The highest BCUT2D eigenvalue weighted by molar-refractivity contribution is 6.49. The maximum absolute atomic E-state index is 12.9. The third kappa shape index (κ3) is 4.04. The van der Waals surface area contributed by atoms with Gasteiger partial charge in [-0.15, -0.1) is 0 Å². The minimum absolute atomic E-state index is 0.346. The van der Waals surface area contributed by atoms with Crippen LogP contribution in [0.5, 0.6) is 0 Å². The molecule has 1 N–H and O–H groups in total. The Morgan fingerprint density at radius 1 is 0.862 bits per heavy atom. The largest absolute Gasteiger partial charge is 0.342 e. The van der Waals surface area contributed by atoms with E-state index in [0.717, 1.165) is 16.5 Å². The van der Waals surface area contributed by atoms with Crippen LogP contribution in [-0.4, -0.2) is 16.3 Å². The molecule has 0 saturated heterocycles. The average Bonchev–Trinajstić information content (AvgIpc) is 3.09. The number of anilines is 1. The Hall–Kier alpha value is -3.08. The zero-order chi connectivity index (χ0) is 20.4. The Balaban J connectivity index is 1.66. The summed E-state index contributed by atoms with van der Waals surface area (Å²) in [5, 5.41) is 4.36. The van der Waals surface area contributed by atoms with Crippen molar-refractivity contribution in [2.24, 2.45) is 0 Å². The number of carbonyl (C=O) groups excluding carboxylic acids is 2. The summed E-state index contributed by atoms with van der Waals surface area (Å²) < 4.78 is 1.95. The van der Waals surface area contributed by atoms with Crippen LogP contribution in [0.4, 0.5) is 5.69 Å². The summed E-state index contributed by atoms with van der Waals surface area (Å²) in [5.74, 6) is -1.34. The summed E-state index contributed by atoms with van der Waals surface area (Å²) in [6, 6.07) is 21.8. The van der Waals surface area contributed by atoms with E-state index >= 15 is 0 Å². The number of aromatic nitrogens is 1. The van der Waals surface area contributed by atoms with Crippen LogP contribution in [0, 0.1) is 0 Å². The minimum atomic E-state index is -0.729. The maximum Gasteiger partial charge on any atom is 0.296 e. The molecular weight excluding hydrogens is 407 g/mol. The Labute approximate surface area is 177 Å². The molecule has 0 unspecified atom stereocenters. The van der Waals surface area contributed by atoms with Gasteiger partial charge in [-0.05, 0) is 35.9 Å². The van der Waals surface area contributed by atoms with Gasteiger partial charge in [-0.3, -0.25) is 9.59 Å². The molecule has 0 aliphatic carbocycles. The number of rotatable bonds is 5. The number of para-hydroxylation sites is 2. The Kier molecular flexibility index (Phi) is 5.38. The molecule has 29 heavy (non-hydrogen) atoms. The first-order chi connectivity index (χ1) is 14.0. The van der Waals surface area contributed by atoms with E-state index in [0.29, 0.717) is 27.8 Å². The number of carbonyl (C=O) groups is 2. The van der Waals surface area contributed by atoms with Gasteiger partial charge in [-0.2, -0.15) is 0 Å². The molecule has 0 radical (unpaired) electrons. The molecule has 6 heteroatoms. The first-order valence-electron chi connectivity index (χ1n) is 8.95. The van der Waals surface area contributed by atoms with Crippen molar-refractivity contribution in [1.29, 1.82) is 0 Å². The van der Waals surface area contributed by atoms with Gasteiger partial charge in [0.15, 0.2) is 0 Å². The monoisotopic (exact) mass is 422 g/mol. The molecule has 0 spiro atoms. The lowest BCUT2D eigenvalue weighted by Gasteiger charge is -2.06. The van der Waals surface area contributed by atoms with Crippen LogP contribution in [-0.2, 0) is 11.3 Å². The molecule has 4 rings (SSSR count). The predicted octanol–water partition coefficient (Wildman–Crippen LogP) is 5.82. The van der Waals surface area contributed by atoms with Gasteiger partial charge in [-0.1, -0.05) is 65.7 Å². The normalized spacial score (nSPS) is 10.8. The highest BCUT2D eigenvalue weighted by Crippen LogP contribution is 2.25. The van der Waals surface area contributed by atoms with E-state index in [1.165, 1.54) is 0 Å². The minimum Gasteiger partial charge on any atom is -0.342 e. The molecule has 0 bridgehead atoms. The maximum atomic E-state index is 12.9. The Morgan fingerprint density at radius 3 is 2.31 bits per heavy atom. The third-order valence-electron chi connectivity index (χ3n) is 4.63. The van der Waals surface area contributed by atoms with Crippen LogP contribution in [0.25, 0.3) is 10.9 Å². The average molecular weight is 423 g/mol. The quantitative estimate of drug-likeness (QED) is 0.325. The van der Waals surface area contributed by atoms with E-state index in [4.69, 9.17) is 23.2 Å². The molecule has 1 amide bonds. The van der Waals surface area contributed by atoms with E-state index in [-0.39, 0.29) is 0 Å². The number of benzene rings is 3. The number of hydrogen-bond acceptors (Lipinski definition) is 2. The SMILES string of the molecule is O=C(Nc1ccccc1Cl)C(=O)c1cn(Cc2ccc(Cl)cc2)c2ccccc12. The molecule has 0 saturated carbocycles. The van der Waals surface area contributed by atoms with Crippen molar-refractivity contribution < 1.29 is 9.59 Å². The lowest BCUT2D eigenvalue weighted by Crippen LogP contribution is -2.22. The molecule has 1 aromatic heterocycles. The molecule has 4 aromatic rings. The first kappa shape index (κ1) is 19.2. The summed E-state index contributed by atoms with van der Waals surface area (Å²) in [5.41, 5.74) is 2.66. The fourth-order valence-electron chi connectivity index (χ4n) is 3.21. The van der Waals surface area contributed by atoms with E-state index in [9.17, 15) is 9.59 Å². The number of amides is 1. The van der Waals surface area contributed by atoms with Crippen molar-refractivity contribution >= 4 is 51.5 Å². The van der Waals surface area contributed by atoms with Crippen LogP contribution < -0.4 is 5.32 Å². The van der Waals surface area contributed by atoms with Gasteiger partial charge in [0, 0.05) is 28.7 Å². The summed E-state index contributed by atoms with van der Waals surface area (Å²) in [6.45, 7) is 0.553. The van der Waals surface area contributed by atoms with Crippen LogP contribution >= 0.6 is 23.2 Å². The third-order valence-corrected chi connectivity index (χ3v) is 5.21. The van der Waals surface area contributed by atoms with Crippen molar-refractivity contribution in [3.8, 4) is 0 Å². The van der Waals surface area contributed by atoms with Crippen molar-refractivity contribution in [1.82, 2.24) is 4.57 Å². The number of fused-ring (bicyclic) bond motifs is 1. The summed E-state index contributed by atoms with van der Waals surface area (Å²) in [7, 11) is 0. The molecule has 0 fully saturated rings. The molecule has 0 atom stereocenters. The zero-order valence-electron chi connectivity index (χ0n) is 15.2. The number of nitrogens with one attached hydrogen (secondary N) is 1. The van der Waals surface area contributed by atoms with Crippen molar-refractivity contribution in [3.63, 3.8) is 0 Å². The van der Waals surface area contributed by atoms with Crippen molar-refractivity contribution in [3.05, 3.63) is 100 Å². The van der Waals surface area contributed by atoms with Gasteiger partial charge in [0.05, 0.1) is 16.3 Å². The molecule has 3 aromatic carbocycles. The fraction of sp³-hybridized carbons (Fsp3) is 0.0435. The van der Waals surface area contributed by atoms with E-state index < -0.39 is 11.7 Å². The molecule has 4 nitrogen and oxygen atoms in total. The van der Waals surface area contributed by atoms with E-state index in [1.807, 2.05) is 53.1 Å². The van der Waals surface area contributed by atoms with E-state index in [2.05, 4.69) is 5.32 Å². The second kappa shape index (κ2) is 8.11. The zero-order valence-corrected chi connectivity index (χ0v) is 16.7. The lowest BCUT2D eigenvalue weighted by molar-refractivity contribution is -0.112. The van der Waals surface area contributed by atoms with E-state index in [1.54, 1.807) is 30.5 Å². The molecule has 0 aliphatic rings.